The Bertz CT molecular complexity index is 970. The van der Waals surface area contributed by atoms with Gasteiger partial charge in [0.2, 0.25) is 0 Å². The van der Waals surface area contributed by atoms with E-state index in [9.17, 15) is 8.60 Å². The summed E-state index contributed by atoms with van der Waals surface area (Å²) in [6, 6.07) is 11.8. The highest BCUT2D eigenvalue weighted by Crippen LogP contribution is 2.25. The number of nitrogens with one attached hydrogen (secondary N) is 3. The minimum absolute atomic E-state index is 0.237. The second-order valence-electron chi connectivity index (χ2n) is 7.15. The van der Waals surface area contributed by atoms with Gasteiger partial charge in [0.25, 0.3) is 0 Å². The third kappa shape index (κ3) is 5.01. The monoisotopic (exact) mass is 427 g/mol. The molecule has 0 aliphatic carbocycles. The molecule has 2 aromatic rings. The van der Waals surface area contributed by atoms with Crippen molar-refractivity contribution in [1.29, 1.82) is 10.8 Å². The smallest absolute Gasteiger partial charge is 0.140 e. The number of nitrogens with zero attached hydrogens (tertiary/aromatic N) is 1. The minimum Gasteiger partial charge on any atom is -0.404 e. The molecule has 158 valence electrons. The van der Waals surface area contributed by atoms with Gasteiger partial charge in [-0.3, -0.25) is 0 Å². The Morgan fingerprint density at radius 3 is 2.60 bits per heavy atom. The van der Waals surface area contributed by atoms with E-state index in [0.29, 0.717) is 24.6 Å². The second kappa shape index (κ2) is 10.3. The maximum absolute atomic E-state index is 13.9. The van der Waals surface area contributed by atoms with Gasteiger partial charge in [-0.15, -0.1) is 0 Å². The van der Waals surface area contributed by atoms with Crippen LogP contribution in [0, 0.1) is 22.6 Å². The fraction of sp³-hybridized carbons (Fsp3) is 0.273. The topological polar surface area (TPSA) is 106 Å². The van der Waals surface area contributed by atoms with Crippen LogP contribution in [-0.4, -0.2) is 40.6 Å². The lowest BCUT2D eigenvalue weighted by molar-refractivity contribution is 0.292. The molecule has 1 unspecified atom stereocenters. The van der Waals surface area contributed by atoms with E-state index in [1.807, 2.05) is 22.5 Å². The molecule has 1 heterocycles. The van der Waals surface area contributed by atoms with Crippen molar-refractivity contribution in [2.45, 2.75) is 17.7 Å². The van der Waals surface area contributed by atoms with Crippen molar-refractivity contribution in [2.24, 2.45) is 11.7 Å². The largest absolute Gasteiger partial charge is 0.404 e. The maximum Gasteiger partial charge on any atom is 0.140 e. The minimum atomic E-state index is -1.48. The number of piperidine rings is 1. The summed E-state index contributed by atoms with van der Waals surface area (Å²) in [7, 11) is -1.48. The highest BCUT2D eigenvalue weighted by molar-refractivity contribution is 7.82. The third-order valence-corrected chi connectivity index (χ3v) is 6.83. The normalized spacial score (nSPS) is 16.8. The average molecular weight is 428 g/mol. The number of rotatable bonds is 8. The fourth-order valence-corrected chi connectivity index (χ4v) is 4.76. The summed E-state index contributed by atoms with van der Waals surface area (Å²) < 4.78 is 28.4. The number of benzene rings is 2. The summed E-state index contributed by atoms with van der Waals surface area (Å²) in [4.78, 5) is 0.237. The Morgan fingerprint density at radius 1 is 1.23 bits per heavy atom. The van der Waals surface area contributed by atoms with Gasteiger partial charge in [-0.1, -0.05) is 18.2 Å². The van der Waals surface area contributed by atoms with Crippen molar-refractivity contribution in [2.75, 3.05) is 25.0 Å². The summed E-state index contributed by atoms with van der Waals surface area (Å²) in [5.74, 6) is -0.0314. The summed E-state index contributed by atoms with van der Waals surface area (Å²) in [5, 5.41) is 18.5. The lowest BCUT2D eigenvalue weighted by Crippen LogP contribution is -2.37. The van der Waals surface area contributed by atoms with Crippen LogP contribution < -0.4 is 11.1 Å². The molecule has 8 heteroatoms. The molecule has 6 nitrogen and oxygen atoms in total. The van der Waals surface area contributed by atoms with E-state index >= 15 is 0 Å². The highest BCUT2D eigenvalue weighted by atomic mass is 32.2. The van der Waals surface area contributed by atoms with Crippen molar-refractivity contribution >= 4 is 34.7 Å². The molecule has 0 radical (unpaired) electrons. The molecule has 0 saturated carbocycles. The van der Waals surface area contributed by atoms with Crippen LogP contribution in [0.15, 0.2) is 53.6 Å². The van der Waals surface area contributed by atoms with Crippen molar-refractivity contribution in [3.63, 3.8) is 0 Å². The number of nitrogens with two attached hydrogens (primary N) is 1. The van der Waals surface area contributed by atoms with Gasteiger partial charge >= 0.3 is 0 Å². The zero-order valence-electron chi connectivity index (χ0n) is 16.6. The van der Waals surface area contributed by atoms with E-state index in [0.717, 1.165) is 36.2 Å². The quantitative estimate of drug-likeness (QED) is 0.484. The zero-order chi connectivity index (χ0) is 21.5. The van der Waals surface area contributed by atoms with E-state index in [-0.39, 0.29) is 4.90 Å². The Morgan fingerprint density at radius 2 is 1.97 bits per heavy atom. The molecule has 1 aliphatic heterocycles. The molecular formula is C22H26FN5OS. The Kier molecular flexibility index (Phi) is 7.48. The van der Waals surface area contributed by atoms with Crippen LogP contribution in [0.1, 0.15) is 24.0 Å². The highest BCUT2D eigenvalue weighted by Gasteiger charge is 2.25. The van der Waals surface area contributed by atoms with E-state index in [1.54, 1.807) is 18.2 Å². The van der Waals surface area contributed by atoms with Crippen molar-refractivity contribution in [3.8, 4) is 0 Å². The molecule has 5 N–H and O–H groups in total. The first kappa shape index (κ1) is 21.9. The summed E-state index contributed by atoms with van der Waals surface area (Å²) in [5.41, 5.74) is 8.52. The first-order valence-corrected chi connectivity index (χ1v) is 10.9. The van der Waals surface area contributed by atoms with Crippen LogP contribution in [0.4, 0.5) is 10.1 Å². The van der Waals surface area contributed by atoms with Crippen molar-refractivity contribution in [1.82, 2.24) is 4.31 Å². The fourth-order valence-electron chi connectivity index (χ4n) is 3.51. The van der Waals surface area contributed by atoms with Gasteiger partial charge in [0.15, 0.2) is 0 Å². The molecule has 1 fully saturated rings. The van der Waals surface area contributed by atoms with Gasteiger partial charge in [-0.05, 0) is 48.6 Å². The molecule has 0 spiro atoms. The summed E-state index contributed by atoms with van der Waals surface area (Å²) >= 11 is 0. The number of hydrogen-bond donors (Lipinski definition) is 4. The Labute approximate surface area is 178 Å². The van der Waals surface area contributed by atoms with E-state index in [2.05, 4.69) is 5.32 Å². The molecule has 0 aromatic heterocycles. The van der Waals surface area contributed by atoms with Crippen LogP contribution in [0.2, 0.25) is 0 Å². The second-order valence-corrected chi connectivity index (χ2v) is 8.60. The van der Waals surface area contributed by atoms with Gasteiger partial charge in [-0.25, -0.2) is 12.9 Å². The summed E-state index contributed by atoms with van der Waals surface area (Å²) in [6.45, 7) is 2.03. The molecule has 30 heavy (non-hydrogen) atoms. The predicted molar refractivity (Wildman–Crippen MR) is 121 cm³/mol. The van der Waals surface area contributed by atoms with Crippen LogP contribution >= 0.6 is 0 Å². The molecule has 1 atom stereocenters. The number of hydrogen-bond acceptors (Lipinski definition) is 5. The van der Waals surface area contributed by atoms with Gasteiger partial charge in [-0.2, -0.15) is 0 Å². The predicted octanol–water partition coefficient (Wildman–Crippen LogP) is 3.62. The van der Waals surface area contributed by atoms with Crippen LogP contribution in [0.5, 0.6) is 0 Å². The van der Waals surface area contributed by atoms with Crippen molar-refractivity contribution < 1.29 is 8.60 Å². The van der Waals surface area contributed by atoms with E-state index in [4.69, 9.17) is 16.6 Å². The molecule has 0 amide bonds. The SMILES string of the molecule is N=C/C(=C\N)c1ccc(NCC2CCN(S(=O)c3ccccc3F)CC2)c(C=N)c1. The zero-order valence-corrected chi connectivity index (χ0v) is 17.4. The molecule has 2 aromatic carbocycles. The molecule has 3 rings (SSSR count). The van der Waals surface area contributed by atoms with E-state index < -0.39 is 16.8 Å². The first-order chi connectivity index (χ1) is 14.6. The van der Waals surface area contributed by atoms with Crippen LogP contribution in [0.25, 0.3) is 5.57 Å². The molecule has 1 saturated heterocycles. The van der Waals surface area contributed by atoms with Gasteiger partial charge in [0, 0.05) is 55.1 Å². The Hall–Kier alpha value is -2.84. The number of allylic oxidation sites excluding steroid dienone is 1. The van der Waals surface area contributed by atoms with Crippen LogP contribution in [0.3, 0.4) is 0 Å². The summed E-state index contributed by atoms with van der Waals surface area (Å²) in [6.07, 6.45) is 5.57. The third-order valence-electron chi connectivity index (χ3n) is 5.29. The lowest BCUT2D eigenvalue weighted by Gasteiger charge is -2.31. The lowest BCUT2D eigenvalue weighted by atomic mass is 9.97. The first-order valence-electron chi connectivity index (χ1n) is 9.80. The van der Waals surface area contributed by atoms with Gasteiger partial charge in [0.1, 0.15) is 16.8 Å². The molecule has 1 aliphatic rings. The standard InChI is InChI=1S/C22H26FN5OS/c23-20-3-1-2-4-22(20)30(29)28-9-7-16(8-10-28)15-27-21-6-5-17(11-18(21)12-24)19(13-25)14-26/h1-6,11-14,16,24-25,27H,7-10,15,26H2/b19-14+,24-12?,25-13?. The van der Waals surface area contributed by atoms with Gasteiger partial charge < -0.3 is 21.9 Å². The molecule has 0 bridgehead atoms. The van der Waals surface area contributed by atoms with Crippen molar-refractivity contribution in [3.05, 3.63) is 65.6 Å². The number of anilines is 1. The Balaban J connectivity index is 1.57. The average Bonchev–Trinajstić information content (AvgIpc) is 2.79. The van der Waals surface area contributed by atoms with E-state index in [1.165, 1.54) is 24.7 Å². The number of halogens is 1. The maximum atomic E-state index is 13.9. The molecular weight excluding hydrogens is 401 g/mol. The van der Waals surface area contributed by atoms with Crippen LogP contribution in [-0.2, 0) is 11.0 Å². The van der Waals surface area contributed by atoms with Gasteiger partial charge in [0.05, 0.1) is 4.90 Å².